The molecule has 0 aliphatic carbocycles. The topological polar surface area (TPSA) is 48.5 Å². The SMILES string of the molecule is Brc1ccc2c(c1)c1c(ccc3c4cc(-c5nc(-c6ccccc6)nc(-c6ccccc6)n5)ccc4n(-c4ccccc4)c31)n2-c1ccccc1. The monoisotopic (exact) mass is 717 g/mol. The van der Waals surface area contributed by atoms with E-state index < -0.39 is 0 Å². The first-order chi connectivity index (χ1) is 25.2. The molecule has 3 heterocycles. The van der Waals surface area contributed by atoms with Gasteiger partial charge in [-0.2, -0.15) is 0 Å². The molecule has 0 aliphatic heterocycles. The third kappa shape index (κ3) is 4.87. The van der Waals surface area contributed by atoms with E-state index in [1.54, 1.807) is 0 Å². The molecule has 51 heavy (non-hydrogen) atoms. The Hall–Kier alpha value is -6.37. The second-order valence-electron chi connectivity index (χ2n) is 12.6. The lowest BCUT2D eigenvalue weighted by atomic mass is 10.1. The predicted molar refractivity (Wildman–Crippen MR) is 213 cm³/mol. The van der Waals surface area contributed by atoms with E-state index in [9.17, 15) is 0 Å². The zero-order chi connectivity index (χ0) is 33.9. The Labute approximate surface area is 302 Å². The number of para-hydroxylation sites is 2. The molecule has 0 spiro atoms. The number of fused-ring (bicyclic) bond motifs is 7. The fraction of sp³-hybridized carbons (Fsp3) is 0. The number of rotatable bonds is 5. The van der Waals surface area contributed by atoms with Gasteiger partial charge >= 0.3 is 0 Å². The van der Waals surface area contributed by atoms with Crippen LogP contribution >= 0.6 is 15.9 Å². The van der Waals surface area contributed by atoms with Gasteiger partial charge in [0.05, 0.1) is 22.1 Å². The summed E-state index contributed by atoms with van der Waals surface area (Å²) >= 11 is 3.79. The van der Waals surface area contributed by atoms with Crippen LogP contribution in [0.25, 0.3) is 89.2 Å². The van der Waals surface area contributed by atoms with Crippen LogP contribution in [0.5, 0.6) is 0 Å². The highest BCUT2D eigenvalue weighted by atomic mass is 79.9. The van der Waals surface area contributed by atoms with Gasteiger partial charge in [0.1, 0.15) is 0 Å². The number of halogens is 1. The molecule has 0 atom stereocenters. The molecular formula is C45H28BrN5. The molecule has 10 aromatic rings. The Bertz CT molecular complexity index is 2840. The van der Waals surface area contributed by atoms with Crippen molar-refractivity contribution in [2.24, 2.45) is 0 Å². The summed E-state index contributed by atoms with van der Waals surface area (Å²) < 4.78 is 5.82. The molecule has 6 heteroatoms. The predicted octanol–water partition coefficient (Wildman–Crippen LogP) is 11.8. The van der Waals surface area contributed by atoms with Gasteiger partial charge in [0.2, 0.25) is 0 Å². The van der Waals surface area contributed by atoms with E-state index in [-0.39, 0.29) is 0 Å². The molecule has 0 amide bonds. The summed E-state index contributed by atoms with van der Waals surface area (Å²) in [6.07, 6.45) is 0. The van der Waals surface area contributed by atoms with Gasteiger partial charge in [-0.25, -0.2) is 15.0 Å². The van der Waals surface area contributed by atoms with Gasteiger partial charge in [-0.1, -0.05) is 119 Å². The van der Waals surface area contributed by atoms with E-state index in [2.05, 4.69) is 134 Å². The van der Waals surface area contributed by atoms with E-state index in [0.717, 1.165) is 65.4 Å². The van der Waals surface area contributed by atoms with Crippen LogP contribution in [0.4, 0.5) is 0 Å². The molecule has 0 bridgehead atoms. The molecule has 3 aromatic heterocycles. The van der Waals surface area contributed by atoms with Gasteiger partial charge in [0.15, 0.2) is 17.5 Å². The Morgan fingerprint density at radius 3 is 1.47 bits per heavy atom. The van der Waals surface area contributed by atoms with Crippen molar-refractivity contribution in [2.45, 2.75) is 0 Å². The molecule has 0 aliphatic rings. The van der Waals surface area contributed by atoms with Crippen molar-refractivity contribution < 1.29 is 0 Å². The molecule has 0 fully saturated rings. The number of hydrogen-bond donors (Lipinski definition) is 0. The van der Waals surface area contributed by atoms with Crippen LogP contribution in [0, 0.1) is 0 Å². The minimum atomic E-state index is 0.635. The van der Waals surface area contributed by atoms with E-state index in [4.69, 9.17) is 15.0 Å². The maximum absolute atomic E-state index is 5.05. The minimum absolute atomic E-state index is 0.635. The summed E-state index contributed by atoms with van der Waals surface area (Å²) in [4.78, 5) is 15.0. The van der Waals surface area contributed by atoms with Crippen LogP contribution in [0.15, 0.2) is 174 Å². The van der Waals surface area contributed by atoms with Crippen molar-refractivity contribution in [3.8, 4) is 45.5 Å². The smallest absolute Gasteiger partial charge is 0.164 e. The number of hydrogen-bond acceptors (Lipinski definition) is 3. The zero-order valence-electron chi connectivity index (χ0n) is 27.3. The van der Waals surface area contributed by atoms with Gasteiger partial charge in [-0.3, -0.25) is 0 Å². The molecule has 0 N–H and O–H groups in total. The summed E-state index contributed by atoms with van der Waals surface area (Å²) in [7, 11) is 0. The Kier molecular flexibility index (Phi) is 6.89. The zero-order valence-corrected chi connectivity index (χ0v) is 28.9. The van der Waals surface area contributed by atoms with Gasteiger partial charge in [0.25, 0.3) is 0 Å². The lowest BCUT2D eigenvalue weighted by Crippen LogP contribution is -2.00. The number of benzene rings is 7. The molecule has 0 saturated carbocycles. The summed E-state index contributed by atoms with van der Waals surface area (Å²) in [5, 5.41) is 4.68. The largest absolute Gasteiger partial charge is 0.309 e. The number of nitrogens with zero attached hydrogens (tertiary/aromatic N) is 5. The maximum Gasteiger partial charge on any atom is 0.164 e. The third-order valence-electron chi connectivity index (χ3n) is 9.60. The van der Waals surface area contributed by atoms with E-state index in [0.29, 0.717) is 17.5 Å². The first-order valence-electron chi connectivity index (χ1n) is 16.9. The van der Waals surface area contributed by atoms with Crippen LogP contribution in [0.2, 0.25) is 0 Å². The fourth-order valence-corrected chi connectivity index (χ4v) is 7.72. The second kappa shape index (κ2) is 11.9. The normalized spacial score (nSPS) is 11.6. The molecule has 0 saturated heterocycles. The summed E-state index contributed by atoms with van der Waals surface area (Å²) in [6, 6.07) is 59.2. The first-order valence-corrected chi connectivity index (χ1v) is 17.7. The highest BCUT2D eigenvalue weighted by Crippen LogP contribution is 2.43. The van der Waals surface area contributed by atoms with Crippen LogP contribution in [0.1, 0.15) is 0 Å². The van der Waals surface area contributed by atoms with Crippen molar-refractivity contribution in [3.05, 3.63) is 174 Å². The van der Waals surface area contributed by atoms with Gasteiger partial charge in [-0.05, 0) is 66.7 Å². The van der Waals surface area contributed by atoms with Crippen molar-refractivity contribution in [1.29, 1.82) is 0 Å². The summed E-state index contributed by atoms with van der Waals surface area (Å²) in [5.74, 6) is 1.93. The van der Waals surface area contributed by atoms with E-state index in [1.165, 1.54) is 10.8 Å². The Morgan fingerprint density at radius 1 is 0.373 bits per heavy atom. The lowest BCUT2D eigenvalue weighted by Gasteiger charge is -2.10. The van der Waals surface area contributed by atoms with E-state index in [1.807, 2.05) is 60.7 Å². The Balaban J connectivity index is 1.29. The minimum Gasteiger partial charge on any atom is -0.309 e. The molecule has 7 aromatic carbocycles. The van der Waals surface area contributed by atoms with Crippen molar-refractivity contribution in [1.82, 2.24) is 24.1 Å². The van der Waals surface area contributed by atoms with Gasteiger partial charge in [0, 0.05) is 54.1 Å². The highest BCUT2D eigenvalue weighted by Gasteiger charge is 2.22. The average Bonchev–Trinajstić information content (AvgIpc) is 3.71. The standard InChI is InChI=1S/C45H28BrN5/c46-32-22-25-39-37(28-32)41-40(50(39)33-17-9-3-10-18-33)26-23-35-36-27-31(21-24-38(36)51(42(35)41)34-19-11-4-12-20-34)45-48-43(29-13-5-1-6-14-29)47-44(49-45)30-15-7-2-8-16-30/h1-28H. The van der Waals surface area contributed by atoms with E-state index >= 15 is 0 Å². The van der Waals surface area contributed by atoms with Gasteiger partial charge < -0.3 is 9.13 Å². The van der Waals surface area contributed by atoms with Crippen LogP contribution in [0.3, 0.4) is 0 Å². The summed E-state index contributed by atoms with van der Waals surface area (Å²) in [6.45, 7) is 0. The highest BCUT2D eigenvalue weighted by molar-refractivity contribution is 9.10. The molecule has 5 nitrogen and oxygen atoms in total. The molecule has 240 valence electrons. The molecular weight excluding hydrogens is 690 g/mol. The first kappa shape index (κ1) is 29.5. The fourth-order valence-electron chi connectivity index (χ4n) is 7.36. The molecule has 0 radical (unpaired) electrons. The molecule has 0 unspecified atom stereocenters. The maximum atomic E-state index is 5.05. The average molecular weight is 719 g/mol. The van der Waals surface area contributed by atoms with Crippen LogP contribution in [-0.4, -0.2) is 24.1 Å². The quantitative estimate of drug-likeness (QED) is 0.178. The van der Waals surface area contributed by atoms with Crippen molar-refractivity contribution >= 4 is 59.5 Å². The van der Waals surface area contributed by atoms with Crippen molar-refractivity contribution in [2.75, 3.05) is 0 Å². The number of aromatic nitrogens is 5. The van der Waals surface area contributed by atoms with Crippen LogP contribution in [-0.2, 0) is 0 Å². The third-order valence-corrected chi connectivity index (χ3v) is 10.1. The molecule has 10 rings (SSSR count). The second-order valence-corrected chi connectivity index (χ2v) is 13.5. The Morgan fingerprint density at radius 2 is 0.863 bits per heavy atom. The summed E-state index contributed by atoms with van der Waals surface area (Å²) in [5.41, 5.74) is 9.64. The van der Waals surface area contributed by atoms with Gasteiger partial charge in [-0.15, -0.1) is 0 Å². The van der Waals surface area contributed by atoms with Crippen LogP contribution < -0.4 is 0 Å². The van der Waals surface area contributed by atoms with Crippen molar-refractivity contribution in [3.63, 3.8) is 0 Å². The lowest BCUT2D eigenvalue weighted by molar-refractivity contribution is 1.07.